The number of carbonyl (C=O) groups excluding carboxylic acids is 1. The highest BCUT2D eigenvalue weighted by Crippen LogP contribution is 2.17. The van der Waals surface area contributed by atoms with E-state index in [1.165, 1.54) is 6.42 Å². The summed E-state index contributed by atoms with van der Waals surface area (Å²) >= 11 is 0. The van der Waals surface area contributed by atoms with Crippen molar-refractivity contribution in [2.45, 2.75) is 46.0 Å². The zero-order valence-corrected chi connectivity index (χ0v) is 12.8. The molecule has 0 aliphatic carbocycles. The Morgan fingerprint density at radius 3 is 2.62 bits per heavy atom. The van der Waals surface area contributed by atoms with Crippen molar-refractivity contribution >= 4 is 11.7 Å². The maximum Gasteiger partial charge on any atom is 0.257 e. The van der Waals surface area contributed by atoms with E-state index in [-0.39, 0.29) is 11.8 Å². The maximum absolute atomic E-state index is 12.6. The van der Waals surface area contributed by atoms with Crippen molar-refractivity contribution in [3.05, 3.63) is 23.3 Å². The van der Waals surface area contributed by atoms with Crippen molar-refractivity contribution in [1.82, 2.24) is 24.5 Å². The molecule has 6 heteroatoms. The van der Waals surface area contributed by atoms with E-state index in [1.54, 1.807) is 10.7 Å². The average molecular weight is 287 g/mol. The Labute approximate surface area is 124 Å². The third-order valence-corrected chi connectivity index (χ3v) is 4.01. The molecule has 0 unspecified atom stereocenters. The second kappa shape index (κ2) is 5.42. The van der Waals surface area contributed by atoms with Crippen LogP contribution in [-0.2, 0) is 0 Å². The number of hydrogen-bond donors (Lipinski definition) is 0. The fraction of sp³-hybridized carbons (Fsp3) is 0.600. The first kappa shape index (κ1) is 14.0. The number of fused-ring (bicyclic) bond motifs is 1. The molecule has 0 saturated carbocycles. The van der Waals surface area contributed by atoms with Crippen LogP contribution in [0.5, 0.6) is 0 Å². The molecule has 0 spiro atoms. The number of nitrogens with zero attached hydrogens (tertiary/aromatic N) is 5. The minimum Gasteiger partial charge on any atom is -0.339 e. The van der Waals surface area contributed by atoms with E-state index < -0.39 is 0 Å². The van der Waals surface area contributed by atoms with E-state index in [0.717, 1.165) is 37.4 Å². The largest absolute Gasteiger partial charge is 0.339 e. The molecule has 1 amide bonds. The van der Waals surface area contributed by atoms with E-state index in [4.69, 9.17) is 0 Å². The lowest BCUT2D eigenvalue weighted by atomic mass is 10.1. The molecule has 0 bridgehead atoms. The molecule has 3 heterocycles. The van der Waals surface area contributed by atoms with E-state index in [1.807, 2.05) is 25.7 Å². The monoisotopic (exact) mass is 287 g/mol. The first-order chi connectivity index (χ1) is 10.1. The minimum absolute atomic E-state index is 0.0585. The van der Waals surface area contributed by atoms with E-state index in [2.05, 4.69) is 15.1 Å². The summed E-state index contributed by atoms with van der Waals surface area (Å²) in [4.78, 5) is 23.3. The van der Waals surface area contributed by atoms with E-state index in [9.17, 15) is 4.79 Å². The van der Waals surface area contributed by atoms with Gasteiger partial charge in [-0.3, -0.25) is 4.79 Å². The summed E-state index contributed by atoms with van der Waals surface area (Å²) < 4.78 is 1.69. The molecular formula is C15H21N5O. The molecule has 1 saturated heterocycles. The normalized spacial score (nSPS) is 15.9. The van der Waals surface area contributed by atoms with Crippen LogP contribution in [-0.4, -0.2) is 43.5 Å². The van der Waals surface area contributed by atoms with Crippen molar-refractivity contribution in [2.75, 3.05) is 13.1 Å². The van der Waals surface area contributed by atoms with Crippen LogP contribution in [0.4, 0.5) is 0 Å². The predicted octanol–water partition coefficient (Wildman–Crippen LogP) is 2.18. The van der Waals surface area contributed by atoms with Gasteiger partial charge in [-0.2, -0.15) is 4.98 Å². The quantitative estimate of drug-likeness (QED) is 0.849. The third kappa shape index (κ3) is 2.50. The van der Waals surface area contributed by atoms with Gasteiger partial charge in [-0.15, -0.1) is 5.10 Å². The lowest BCUT2D eigenvalue weighted by Gasteiger charge is -2.27. The van der Waals surface area contributed by atoms with Gasteiger partial charge in [-0.25, -0.2) is 9.50 Å². The number of carbonyl (C=O) groups is 1. The highest BCUT2D eigenvalue weighted by molar-refractivity contribution is 5.95. The van der Waals surface area contributed by atoms with Crippen LogP contribution >= 0.6 is 0 Å². The molecular weight excluding hydrogens is 266 g/mol. The number of rotatable bonds is 2. The topological polar surface area (TPSA) is 63.4 Å². The Balaban J connectivity index is 1.98. The Hall–Kier alpha value is -1.98. The van der Waals surface area contributed by atoms with Gasteiger partial charge in [0.15, 0.2) is 5.82 Å². The summed E-state index contributed by atoms with van der Waals surface area (Å²) in [6, 6.07) is 0. The predicted molar refractivity (Wildman–Crippen MR) is 79.4 cm³/mol. The molecule has 112 valence electrons. The highest BCUT2D eigenvalue weighted by Gasteiger charge is 2.22. The minimum atomic E-state index is 0.0585. The van der Waals surface area contributed by atoms with Gasteiger partial charge in [0.25, 0.3) is 11.7 Å². The molecule has 0 N–H and O–H groups in total. The van der Waals surface area contributed by atoms with Crippen LogP contribution in [0.25, 0.3) is 5.78 Å². The number of amides is 1. The SMILES string of the molecule is Cc1c(C(=O)N2CCCCC2)cnc2nc(C(C)C)nn12. The molecule has 6 nitrogen and oxygen atoms in total. The zero-order valence-electron chi connectivity index (χ0n) is 12.8. The molecule has 3 rings (SSSR count). The van der Waals surface area contributed by atoms with Crippen molar-refractivity contribution in [3.63, 3.8) is 0 Å². The number of piperidine rings is 1. The van der Waals surface area contributed by atoms with Crippen molar-refractivity contribution in [2.24, 2.45) is 0 Å². The van der Waals surface area contributed by atoms with Gasteiger partial charge in [-0.05, 0) is 26.2 Å². The molecule has 0 aromatic carbocycles. The summed E-state index contributed by atoms with van der Waals surface area (Å²) in [7, 11) is 0. The highest BCUT2D eigenvalue weighted by atomic mass is 16.2. The Morgan fingerprint density at radius 1 is 1.24 bits per heavy atom. The average Bonchev–Trinajstić information content (AvgIpc) is 2.93. The number of hydrogen-bond acceptors (Lipinski definition) is 4. The smallest absolute Gasteiger partial charge is 0.257 e. The molecule has 0 atom stereocenters. The van der Waals surface area contributed by atoms with Gasteiger partial charge < -0.3 is 4.90 Å². The van der Waals surface area contributed by atoms with Crippen LogP contribution in [0.1, 0.15) is 60.9 Å². The van der Waals surface area contributed by atoms with Gasteiger partial charge in [0.05, 0.1) is 11.3 Å². The molecule has 1 aliphatic rings. The van der Waals surface area contributed by atoms with Gasteiger partial charge in [-0.1, -0.05) is 13.8 Å². The number of likely N-dealkylation sites (tertiary alicyclic amines) is 1. The summed E-state index contributed by atoms with van der Waals surface area (Å²) in [5, 5.41) is 4.47. The van der Waals surface area contributed by atoms with Crippen molar-refractivity contribution < 1.29 is 4.79 Å². The molecule has 0 radical (unpaired) electrons. The Kier molecular flexibility index (Phi) is 3.61. The van der Waals surface area contributed by atoms with E-state index >= 15 is 0 Å². The fourth-order valence-corrected chi connectivity index (χ4v) is 2.68. The summed E-state index contributed by atoms with van der Waals surface area (Å²) in [5.74, 6) is 1.62. The third-order valence-electron chi connectivity index (χ3n) is 4.01. The maximum atomic E-state index is 12.6. The lowest BCUT2D eigenvalue weighted by Crippen LogP contribution is -2.36. The standard InChI is InChI=1S/C15H21N5O/c1-10(2)13-17-15-16-9-12(11(3)20(15)18-13)14(21)19-7-5-4-6-8-19/h9-10H,4-8H2,1-3H3. The van der Waals surface area contributed by atoms with Crippen molar-refractivity contribution in [3.8, 4) is 0 Å². The second-order valence-corrected chi connectivity index (χ2v) is 5.95. The summed E-state index contributed by atoms with van der Waals surface area (Å²) in [6.07, 6.45) is 5.02. The molecule has 1 fully saturated rings. The molecule has 1 aliphatic heterocycles. The van der Waals surface area contributed by atoms with Gasteiger partial charge in [0.2, 0.25) is 0 Å². The number of aromatic nitrogens is 4. The Morgan fingerprint density at radius 2 is 1.95 bits per heavy atom. The van der Waals surface area contributed by atoms with Crippen LogP contribution in [0.2, 0.25) is 0 Å². The molecule has 2 aromatic heterocycles. The van der Waals surface area contributed by atoms with E-state index in [0.29, 0.717) is 11.3 Å². The summed E-state index contributed by atoms with van der Waals surface area (Å²) in [6.45, 7) is 7.67. The van der Waals surface area contributed by atoms with Gasteiger partial charge in [0.1, 0.15) is 0 Å². The van der Waals surface area contributed by atoms with Crippen LogP contribution in [0.3, 0.4) is 0 Å². The van der Waals surface area contributed by atoms with Crippen LogP contribution in [0, 0.1) is 6.92 Å². The molecule has 2 aromatic rings. The lowest BCUT2D eigenvalue weighted by molar-refractivity contribution is 0.0722. The Bertz CT molecular complexity index is 670. The first-order valence-corrected chi connectivity index (χ1v) is 7.59. The summed E-state index contributed by atoms with van der Waals surface area (Å²) in [5.41, 5.74) is 1.44. The van der Waals surface area contributed by atoms with Gasteiger partial charge >= 0.3 is 0 Å². The fourth-order valence-electron chi connectivity index (χ4n) is 2.68. The zero-order chi connectivity index (χ0) is 15.0. The first-order valence-electron chi connectivity index (χ1n) is 7.59. The van der Waals surface area contributed by atoms with Crippen molar-refractivity contribution in [1.29, 1.82) is 0 Å². The second-order valence-electron chi connectivity index (χ2n) is 5.95. The van der Waals surface area contributed by atoms with Gasteiger partial charge in [0, 0.05) is 25.2 Å². The van der Waals surface area contributed by atoms with Crippen LogP contribution < -0.4 is 0 Å². The number of aryl methyl sites for hydroxylation is 1. The molecule has 21 heavy (non-hydrogen) atoms. The van der Waals surface area contributed by atoms with Crippen LogP contribution in [0.15, 0.2) is 6.20 Å².